The number of halogens is 1. The van der Waals surface area contributed by atoms with E-state index in [1.165, 1.54) is 12.1 Å². The van der Waals surface area contributed by atoms with Gasteiger partial charge in [-0.3, -0.25) is 9.62 Å². The van der Waals surface area contributed by atoms with E-state index in [0.717, 1.165) is 11.1 Å². The Bertz CT molecular complexity index is 1290. The highest BCUT2D eigenvalue weighted by molar-refractivity contribution is 7.92. The van der Waals surface area contributed by atoms with Crippen molar-refractivity contribution in [1.29, 1.82) is 0 Å². The molecular formula is C25H26FN3O3S. The Labute approximate surface area is 193 Å². The van der Waals surface area contributed by atoms with Crippen molar-refractivity contribution in [1.82, 2.24) is 4.90 Å². The van der Waals surface area contributed by atoms with Gasteiger partial charge in [-0.25, -0.2) is 17.6 Å². The lowest BCUT2D eigenvalue weighted by atomic mass is 10.1. The van der Waals surface area contributed by atoms with Crippen LogP contribution in [0.5, 0.6) is 0 Å². The molecule has 1 heterocycles. The van der Waals surface area contributed by atoms with Gasteiger partial charge in [-0.15, -0.1) is 0 Å². The van der Waals surface area contributed by atoms with E-state index in [4.69, 9.17) is 0 Å². The van der Waals surface area contributed by atoms with E-state index in [1.807, 2.05) is 26.0 Å². The zero-order chi connectivity index (χ0) is 23.6. The van der Waals surface area contributed by atoms with Gasteiger partial charge >= 0.3 is 6.03 Å². The second kappa shape index (κ2) is 9.23. The van der Waals surface area contributed by atoms with Crippen LogP contribution < -0.4 is 9.62 Å². The molecule has 0 aliphatic carbocycles. The van der Waals surface area contributed by atoms with Crippen LogP contribution in [-0.4, -0.2) is 32.4 Å². The molecule has 0 aromatic heterocycles. The van der Waals surface area contributed by atoms with E-state index in [2.05, 4.69) is 4.72 Å². The molecule has 2 amide bonds. The fourth-order valence-corrected chi connectivity index (χ4v) is 5.11. The van der Waals surface area contributed by atoms with Crippen molar-refractivity contribution in [3.63, 3.8) is 0 Å². The third kappa shape index (κ3) is 5.01. The van der Waals surface area contributed by atoms with Crippen molar-refractivity contribution in [3.8, 4) is 0 Å². The molecule has 1 saturated heterocycles. The van der Waals surface area contributed by atoms with Crippen LogP contribution in [0.4, 0.5) is 20.6 Å². The predicted octanol–water partition coefficient (Wildman–Crippen LogP) is 5.08. The second-order valence-electron chi connectivity index (χ2n) is 8.24. The van der Waals surface area contributed by atoms with Crippen LogP contribution in [-0.2, 0) is 16.6 Å². The minimum atomic E-state index is -3.85. The van der Waals surface area contributed by atoms with E-state index in [1.54, 1.807) is 52.3 Å². The summed E-state index contributed by atoms with van der Waals surface area (Å²) in [6.07, 6.45) is 0.679. The number of anilines is 2. The Hall–Kier alpha value is -3.39. The van der Waals surface area contributed by atoms with Crippen LogP contribution in [0, 0.1) is 19.7 Å². The maximum Gasteiger partial charge on any atom is 0.324 e. The first-order chi connectivity index (χ1) is 15.7. The number of benzene rings is 3. The summed E-state index contributed by atoms with van der Waals surface area (Å²) in [5.74, 6) is -0.357. The molecule has 1 aliphatic heterocycles. The molecule has 0 bridgehead atoms. The Kier molecular flexibility index (Phi) is 6.37. The van der Waals surface area contributed by atoms with Crippen molar-refractivity contribution in [2.24, 2.45) is 0 Å². The average molecular weight is 468 g/mol. The summed E-state index contributed by atoms with van der Waals surface area (Å²) in [7, 11) is -3.85. The molecule has 6 nitrogen and oxygen atoms in total. The summed E-state index contributed by atoms with van der Waals surface area (Å²) in [5.41, 5.74) is 2.93. The van der Waals surface area contributed by atoms with Gasteiger partial charge in [0, 0.05) is 18.7 Å². The fraction of sp³-hybridized carbons (Fsp3) is 0.240. The maximum absolute atomic E-state index is 14.1. The quantitative estimate of drug-likeness (QED) is 0.550. The van der Waals surface area contributed by atoms with Crippen molar-refractivity contribution in [2.75, 3.05) is 22.7 Å². The van der Waals surface area contributed by atoms with Crippen molar-refractivity contribution in [3.05, 3.63) is 89.2 Å². The topological polar surface area (TPSA) is 69.7 Å². The third-order valence-corrected chi connectivity index (χ3v) is 6.98. The van der Waals surface area contributed by atoms with Gasteiger partial charge in [0.05, 0.1) is 22.8 Å². The van der Waals surface area contributed by atoms with Gasteiger partial charge in [-0.05, 0) is 61.7 Å². The molecule has 8 heteroatoms. The van der Waals surface area contributed by atoms with E-state index in [9.17, 15) is 17.6 Å². The Morgan fingerprint density at radius 3 is 2.45 bits per heavy atom. The van der Waals surface area contributed by atoms with Crippen LogP contribution in [0.15, 0.2) is 71.6 Å². The number of carbonyl (C=O) groups is 1. The van der Waals surface area contributed by atoms with E-state index in [0.29, 0.717) is 36.4 Å². The molecular weight excluding hydrogens is 441 g/mol. The zero-order valence-corrected chi connectivity index (χ0v) is 19.4. The van der Waals surface area contributed by atoms with E-state index < -0.39 is 10.0 Å². The van der Waals surface area contributed by atoms with Crippen molar-refractivity contribution in [2.45, 2.75) is 31.7 Å². The monoisotopic (exact) mass is 467 g/mol. The number of sulfonamides is 1. The molecule has 3 aromatic carbocycles. The third-order valence-electron chi connectivity index (χ3n) is 5.62. The molecule has 0 atom stereocenters. The molecule has 0 radical (unpaired) electrons. The van der Waals surface area contributed by atoms with E-state index in [-0.39, 0.29) is 23.3 Å². The van der Waals surface area contributed by atoms with Crippen molar-refractivity contribution < 1.29 is 17.6 Å². The molecule has 3 aromatic rings. The smallest absolute Gasteiger partial charge is 0.320 e. The maximum atomic E-state index is 14.1. The van der Waals surface area contributed by atoms with Gasteiger partial charge in [0.15, 0.2) is 0 Å². The lowest BCUT2D eigenvalue weighted by Crippen LogP contribution is -2.49. The average Bonchev–Trinajstić information content (AvgIpc) is 2.77. The zero-order valence-electron chi connectivity index (χ0n) is 18.6. The van der Waals surface area contributed by atoms with Gasteiger partial charge in [0.2, 0.25) is 0 Å². The first-order valence-corrected chi connectivity index (χ1v) is 12.2. The number of hydrogen-bond donors (Lipinski definition) is 1. The highest BCUT2D eigenvalue weighted by Crippen LogP contribution is 2.32. The summed E-state index contributed by atoms with van der Waals surface area (Å²) in [6, 6.07) is 18.0. The Morgan fingerprint density at radius 2 is 1.70 bits per heavy atom. The molecule has 4 rings (SSSR count). The SMILES string of the molecule is Cc1cccc(S(=O)(=O)Nc2cc(C)ccc2N2CCCN(Cc3ccccc3F)C2=O)c1. The summed E-state index contributed by atoms with van der Waals surface area (Å²) in [5, 5.41) is 0. The number of aryl methyl sites for hydroxylation is 2. The lowest BCUT2D eigenvalue weighted by molar-refractivity contribution is 0.192. The standard InChI is InChI=1S/C25H26FN3O3S/c1-18-7-5-9-21(15-18)33(31,32)27-23-16-19(2)11-12-24(23)29-14-6-13-28(25(29)30)17-20-8-3-4-10-22(20)26/h3-5,7-12,15-16,27H,6,13-14,17H2,1-2H3. The minimum Gasteiger partial charge on any atom is -0.320 e. The number of nitrogens with one attached hydrogen (secondary N) is 1. The van der Waals surface area contributed by atoms with Gasteiger partial charge in [0.25, 0.3) is 10.0 Å². The summed E-state index contributed by atoms with van der Waals surface area (Å²) < 4.78 is 42.9. The van der Waals surface area contributed by atoms with E-state index >= 15 is 0 Å². The number of nitrogens with zero attached hydrogens (tertiary/aromatic N) is 2. The number of hydrogen-bond acceptors (Lipinski definition) is 3. The summed E-state index contributed by atoms with van der Waals surface area (Å²) in [6.45, 7) is 4.78. The lowest BCUT2D eigenvalue weighted by Gasteiger charge is -2.36. The number of urea groups is 1. The highest BCUT2D eigenvalue weighted by atomic mass is 32.2. The first kappa shape index (κ1) is 22.8. The molecule has 172 valence electrons. The molecule has 1 N–H and O–H groups in total. The Balaban J connectivity index is 1.64. The molecule has 1 fully saturated rings. The Morgan fingerprint density at radius 1 is 0.939 bits per heavy atom. The minimum absolute atomic E-state index is 0.151. The summed E-state index contributed by atoms with van der Waals surface area (Å²) >= 11 is 0. The van der Waals surface area contributed by atoms with Crippen molar-refractivity contribution >= 4 is 27.4 Å². The molecule has 0 spiro atoms. The van der Waals surface area contributed by atoms with Gasteiger partial charge in [-0.1, -0.05) is 36.4 Å². The molecule has 33 heavy (non-hydrogen) atoms. The highest BCUT2D eigenvalue weighted by Gasteiger charge is 2.30. The molecule has 1 aliphatic rings. The van der Waals surface area contributed by atoms with Gasteiger partial charge in [0.1, 0.15) is 5.82 Å². The number of rotatable bonds is 6. The van der Waals surface area contributed by atoms with Crippen LogP contribution in [0.25, 0.3) is 0 Å². The van der Waals surface area contributed by atoms with Crippen LogP contribution in [0.3, 0.4) is 0 Å². The number of amides is 2. The summed E-state index contributed by atoms with van der Waals surface area (Å²) in [4.78, 5) is 16.6. The van der Waals surface area contributed by atoms with Crippen LogP contribution >= 0.6 is 0 Å². The molecule has 0 unspecified atom stereocenters. The fourth-order valence-electron chi connectivity index (χ4n) is 3.94. The van der Waals surface area contributed by atoms with Gasteiger partial charge in [-0.2, -0.15) is 0 Å². The van der Waals surface area contributed by atoms with Gasteiger partial charge < -0.3 is 4.90 Å². The first-order valence-electron chi connectivity index (χ1n) is 10.7. The second-order valence-corrected chi connectivity index (χ2v) is 9.93. The molecule has 0 saturated carbocycles. The normalized spacial score (nSPS) is 14.5. The van der Waals surface area contributed by atoms with Crippen LogP contribution in [0.2, 0.25) is 0 Å². The predicted molar refractivity (Wildman–Crippen MR) is 127 cm³/mol. The van der Waals surface area contributed by atoms with Crippen LogP contribution in [0.1, 0.15) is 23.1 Å². The largest absolute Gasteiger partial charge is 0.324 e. The number of carbonyl (C=O) groups excluding carboxylic acids is 1.